The fraction of sp³-hybridized carbons (Fsp3) is 0.600. The van der Waals surface area contributed by atoms with E-state index in [1.165, 1.54) is 28.4 Å². The summed E-state index contributed by atoms with van der Waals surface area (Å²) in [5.74, 6) is 0.702. The molecule has 2 fully saturated rings. The first kappa shape index (κ1) is 12.9. The van der Waals surface area contributed by atoms with Gasteiger partial charge in [-0.25, -0.2) is 0 Å². The molecule has 0 radical (unpaired) electrons. The summed E-state index contributed by atoms with van der Waals surface area (Å²) in [4.78, 5) is 0. The Balaban J connectivity index is 1.67. The minimum absolute atomic E-state index is 0.510. The third-order valence-electron chi connectivity index (χ3n) is 4.41. The average molecular weight is 357 g/mol. The highest BCUT2D eigenvalue weighted by Crippen LogP contribution is 2.40. The molecular formula is C15H20INO. The molecule has 4 atom stereocenters. The van der Waals surface area contributed by atoms with E-state index in [0.717, 1.165) is 6.42 Å². The standard InChI is InChI=1S/C15H20INO/c1-17-14(8-10-2-4-11(16)5-3-10)13-9-12-6-7-15(13)18-12/h2-5,12-15,17H,6-9H2,1H3. The van der Waals surface area contributed by atoms with Crippen LogP contribution in [0.1, 0.15) is 24.8 Å². The summed E-state index contributed by atoms with van der Waals surface area (Å²) >= 11 is 2.36. The maximum atomic E-state index is 5.98. The van der Waals surface area contributed by atoms with Gasteiger partial charge in [0.15, 0.2) is 0 Å². The van der Waals surface area contributed by atoms with Crippen LogP contribution in [0.4, 0.5) is 0 Å². The Hall–Kier alpha value is -0.130. The van der Waals surface area contributed by atoms with Gasteiger partial charge in [0, 0.05) is 15.5 Å². The molecular weight excluding hydrogens is 337 g/mol. The van der Waals surface area contributed by atoms with Gasteiger partial charge < -0.3 is 10.1 Å². The molecule has 1 N–H and O–H groups in total. The zero-order chi connectivity index (χ0) is 12.5. The van der Waals surface area contributed by atoms with Crippen molar-refractivity contribution in [2.45, 2.75) is 43.9 Å². The van der Waals surface area contributed by atoms with Gasteiger partial charge in [0.05, 0.1) is 12.2 Å². The molecule has 3 rings (SSSR count). The highest BCUT2D eigenvalue weighted by molar-refractivity contribution is 14.1. The molecule has 3 heteroatoms. The molecule has 2 aliphatic heterocycles. The topological polar surface area (TPSA) is 21.3 Å². The van der Waals surface area contributed by atoms with Crippen molar-refractivity contribution in [3.63, 3.8) is 0 Å². The molecule has 2 heterocycles. The molecule has 2 bridgehead atoms. The molecule has 98 valence electrons. The second-order valence-electron chi connectivity index (χ2n) is 5.50. The number of benzene rings is 1. The smallest absolute Gasteiger partial charge is 0.0623 e. The van der Waals surface area contributed by atoms with Crippen molar-refractivity contribution < 1.29 is 4.74 Å². The van der Waals surface area contributed by atoms with Gasteiger partial charge in [0.25, 0.3) is 0 Å². The number of halogens is 1. The summed E-state index contributed by atoms with van der Waals surface area (Å²) in [6.45, 7) is 0. The lowest BCUT2D eigenvalue weighted by atomic mass is 9.81. The normalized spacial score (nSPS) is 31.8. The van der Waals surface area contributed by atoms with E-state index >= 15 is 0 Å². The average Bonchev–Trinajstić information content (AvgIpc) is 3.00. The SMILES string of the molecule is CNC(Cc1ccc(I)cc1)C1CC2CCC1O2. The van der Waals surface area contributed by atoms with Crippen LogP contribution in [0.3, 0.4) is 0 Å². The van der Waals surface area contributed by atoms with Gasteiger partial charge >= 0.3 is 0 Å². The fourth-order valence-electron chi connectivity index (χ4n) is 3.44. The number of likely N-dealkylation sites (N-methyl/N-ethyl adjacent to an activating group) is 1. The third-order valence-corrected chi connectivity index (χ3v) is 5.13. The van der Waals surface area contributed by atoms with E-state index in [1.807, 2.05) is 0 Å². The highest BCUT2D eigenvalue weighted by Gasteiger charge is 2.43. The quantitative estimate of drug-likeness (QED) is 0.837. The first-order valence-electron chi connectivity index (χ1n) is 6.83. The second-order valence-corrected chi connectivity index (χ2v) is 6.74. The second kappa shape index (κ2) is 5.47. The Morgan fingerprint density at radius 2 is 2.11 bits per heavy atom. The lowest BCUT2D eigenvalue weighted by molar-refractivity contribution is 0.0863. The van der Waals surface area contributed by atoms with Crippen molar-refractivity contribution in [2.75, 3.05) is 7.05 Å². The van der Waals surface area contributed by atoms with Crippen LogP contribution in [-0.2, 0) is 11.2 Å². The Labute approximate surface area is 123 Å². The van der Waals surface area contributed by atoms with E-state index in [4.69, 9.17) is 4.74 Å². The van der Waals surface area contributed by atoms with Crippen LogP contribution < -0.4 is 5.32 Å². The molecule has 0 spiro atoms. The predicted octanol–water partition coefficient (Wildman–Crippen LogP) is 2.99. The number of fused-ring (bicyclic) bond motifs is 2. The number of hydrogen-bond donors (Lipinski definition) is 1. The maximum absolute atomic E-state index is 5.98. The summed E-state index contributed by atoms with van der Waals surface area (Å²) in [5.41, 5.74) is 1.43. The van der Waals surface area contributed by atoms with Crippen LogP contribution in [-0.4, -0.2) is 25.3 Å². The van der Waals surface area contributed by atoms with Crippen molar-refractivity contribution in [1.82, 2.24) is 5.32 Å². The van der Waals surface area contributed by atoms with Crippen molar-refractivity contribution in [1.29, 1.82) is 0 Å². The van der Waals surface area contributed by atoms with Crippen molar-refractivity contribution in [3.05, 3.63) is 33.4 Å². The molecule has 1 aromatic carbocycles. The van der Waals surface area contributed by atoms with Crippen LogP contribution >= 0.6 is 22.6 Å². The zero-order valence-corrected chi connectivity index (χ0v) is 12.9. The van der Waals surface area contributed by atoms with Crippen LogP contribution in [0.25, 0.3) is 0 Å². The van der Waals surface area contributed by atoms with Gasteiger partial charge in [-0.2, -0.15) is 0 Å². The Kier molecular flexibility index (Phi) is 3.91. The molecule has 18 heavy (non-hydrogen) atoms. The zero-order valence-electron chi connectivity index (χ0n) is 10.7. The first-order valence-corrected chi connectivity index (χ1v) is 7.91. The van der Waals surface area contributed by atoms with E-state index < -0.39 is 0 Å². The first-order chi connectivity index (χ1) is 8.76. The van der Waals surface area contributed by atoms with E-state index in [2.05, 4.69) is 59.2 Å². The Morgan fingerprint density at radius 1 is 1.33 bits per heavy atom. The number of nitrogens with one attached hydrogen (secondary N) is 1. The molecule has 0 amide bonds. The Bertz CT molecular complexity index is 405. The van der Waals surface area contributed by atoms with Crippen molar-refractivity contribution >= 4 is 22.6 Å². The van der Waals surface area contributed by atoms with E-state index in [0.29, 0.717) is 24.2 Å². The van der Waals surface area contributed by atoms with Gasteiger partial charge in [-0.3, -0.25) is 0 Å². The van der Waals surface area contributed by atoms with Gasteiger partial charge in [0.2, 0.25) is 0 Å². The fourth-order valence-corrected chi connectivity index (χ4v) is 3.80. The minimum atomic E-state index is 0.510. The van der Waals surface area contributed by atoms with Gasteiger partial charge in [0.1, 0.15) is 0 Å². The van der Waals surface area contributed by atoms with Crippen LogP contribution in [0.5, 0.6) is 0 Å². The van der Waals surface area contributed by atoms with Crippen molar-refractivity contribution in [2.24, 2.45) is 5.92 Å². The lowest BCUT2D eigenvalue weighted by Gasteiger charge is -2.28. The van der Waals surface area contributed by atoms with Gasteiger partial charge in [-0.1, -0.05) is 12.1 Å². The number of rotatable bonds is 4. The summed E-state index contributed by atoms with van der Waals surface area (Å²) in [6.07, 6.45) is 5.97. The number of ether oxygens (including phenoxy) is 1. The summed E-state index contributed by atoms with van der Waals surface area (Å²) in [5, 5.41) is 3.51. The predicted molar refractivity (Wildman–Crippen MR) is 81.7 cm³/mol. The number of hydrogen-bond acceptors (Lipinski definition) is 2. The molecule has 2 nitrogen and oxygen atoms in total. The lowest BCUT2D eigenvalue weighted by Crippen LogP contribution is -2.40. The highest BCUT2D eigenvalue weighted by atomic mass is 127. The maximum Gasteiger partial charge on any atom is 0.0623 e. The summed E-state index contributed by atoms with van der Waals surface area (Å²) < 4.78 is 7.29. The van der Waals surface area contributed by atoms with E-state index in [-0.39, 0.29) is 0 Å². The Morgan fingerprint density at radius 3 is 2.67 bits per heavy atom. The largest absolute Gasteiger partial charge is 0.375 e. The molecule has 2 saturated heterocycles. The van der Waals surface area contributed by atoms with Crippen LogP contribution in [0, 0.1) is 9.49 Å². The summed E-state index contributed by atoms with van der Waals surface area (Å²) in [7, 11) is 2.09. The van der Waals surface area contributed by atoms with Crippen LogP contribution in [0.2, 0.25) is 0 Å². The monoisotopic (exact) mass is 357 g/mol. The van der Waals surface area contributed by atoms with Crippen LogP contribution in [0.15, 0.2) is 24.3 Å². The molecule has 0 aromatic heterocycles. The molecule has 4 unspecified atom stereocenters. The molecule has 2 aliphatic rings. The molecule has 0 saturated carbocycles. The van der Waals surface area contributed by atoms with E-state index in [9.17, 15) is 0 Å². The summed E-state index contributed by atoms with van der Waals surface area (Å²) in [6, 6.07) is 9.44. The minimum Gasteiger partial charge on any atom is -0.375 e. The van der Waals surface area contributed by atoms with Crippen molar-refractivity contribution in [3.8, 4) is 0 Å². The third kappa shape index (κ3) is 2.58. The molecule has 0 aliphatic carbocycles. The van der Waals surface area contributed by atoms with Gasteiger partial charge in [-0.15, -0.1) is 0 Å². The van der Waals surface area contributed by atoms with Gasteiger partial charge in [-0.05, 0) is 73.0 Å². The van der Waals surface area contributed by atoms with E-state index in [1.54, 1.807) is 0 Å². The molecule has 1 aromatic rings.